The van der Waals surface area contributed by atoms with Crippen LogP contribution in [0, 0.1) is 26.7 Å². The maximum absolute atomic E-state index is 13.1. The molecule has 0 aliphatic heterocycles. The molecule has 1 fully saturated rings. The summed E-state index contributed by atoms with van der Waals surface area (Å²) < 4.78 is 22.5. The highest BCUT2D eigenvalue weighted by Gasteiger charge is 2.40. The minimum absolute atomic E-state index is 0.0602. The molecule has 0 aromatic heterocycles. The number of rotatable bonds is 7. The van der Waals surface area contributed by atoms with Crippen LogP contribution in [-0.2, 0) is 13.6 Å². The van der Waals surface area contributed by atoms with E-state index in [4.69, 9.17) is 9.05 Å². The average Bonchev–Trinajstić information content (AvgIpc) is 2.97. The second-order valence-corrected chi connectivity index (χ2v) is 7.27. The predicted molar refractivity (Wildman–Crippen MR) is 91.0 cm³/mol. The molecule has 0 radical (unpaired) electrons. The zero-order chi connectivity index (χ0) is 17.0. The van der Waals surface area contributed by atoms with Gasteiger partial charge in [-0.1, -0.05) is 30.5 Å². The lowest BCUT2D eigenvalue weighted by Gasteiger charge is -2.19. The van der Waals surface area contributed by atoms with Gasteiger partial charge in [0.25, 0.3) is 0 Å². The zero-order valence-corrected chi connectivity index (χ0v) is 15.3. The van der Waals surface area contributed by atoms with Gasteiger partial charge in [-0.3, -0.25) is 4.79 Å². The van der Waals surface area contributed by atoms with E-state index in [0.29, 0.717) is 12.2 Å². The van der Waals surface area contributed by atoms with Crippen molar-refractivity contribution < 1.29 is 18.4 Å². The monoisotopic (exact) mass is 337 g/mol. The van der Waals surface area contributed by atoms with Gasteiger partial charge in [-0.05, 0) is 57.6 Å². The molecule has 0 heterocycles. The van der Waals surface area contributed by atoms with Gasteiger partial charge in [0.1, 0.15) is 6.61 Å². The third kappa shape index (κ3) is 4.47. The molecule has 2 unspecified atom stereocenters. The van der Waals surface area contributed by atoms with E-state index in [-0.39, 0.29) is 11.7 Å². The van der Waals surface area contributed by atoms with Gasteiger partial charge in [0.15, 0.2) is 11.9 Å². The standard InChI is InChI=1S/C18H26O4P/c1-5-21-23(20)22-18(15-8-6-7-9-15)17(19)16-13(3)10-12(2)11-14(16)4/h10-11,15,18H,5-9H2,1-4H3/q+1. The fraction of sp³-hybridized carbons (Fsp3) is 0.611. The van der Waals surface area contributed by atoms with Gasteiger partial charge in [0.2, 0.25) is 0 Å². The first-order valence-electron chi connectivity index (χ1n) is 8.33. The Balaban J connectivity index is 2.30. The first kappa shape index (κ1) is 18.3. The molecule has 2 rings (SSSR count). The van der Waals surface area contributed by atoms with Crippen LogP contribution in [0.15, 0.2) is 12.1 Å². The van der Waals surface area contributed by atoms with Gasteiger partial charge in [0.05, 0.1) is 0 Å². The normalized spacial score (nSPS) is 17.3. The van der Waals surface area contributed by atoms with Crippen molar-refractivity contribution in [3.63, 3.8) is 0 Å². The fourth-order valence-electron chi connectivity index (χ4n) is 3.55. The van der Waals surface area contributed by atoms with Crippen LogP contribution in [0.4, 0.5) is 0 Å². The highest BCUT2D eigenvalue weighted by atomic mass is 31.1. The van der Waals surface area contributed by atoms with Crippen LogP contribution in [0.5, 0.6) is 0 Å². The first-order chi connectivity index (χ1) is 10.9. The number of benzene rings is 1. The maximum Gasteiger partial charge on any atom is 0.698 e. The molecule has 1 aromatic carbocycles. The lowest BCUT2D eigenvalue weighted by atomic mass is 9.88. The minimum Gasteiger partial charge on any atom is -0.291 e. The molecule has 23 heavy (non-hydrogen) atoms. The van der Waals surface area contributed by atoms with Crippen LogP contribution in [-0.4, -0.2) is 18.5 Å². The topological polar surface area (TPSA) is 52.6 Å². The summed E-state index contributed by atoms with van der Waals surface area (Å²) in [6, 6.07) is 4.02. The molecule has 0 amide bonds. The number of aryl methyl sites for hydroxylation is 3. The first-order valence-corrected chi connectivity index (χ1v) is 9.42. The van der Waals surface area contributed by atoms with Crippen LogP contribution in [0.3, 0.4) is 0 Å². The molecule has 1 saturated carbocycles. The Kier molecular flexibility index (Phi) is 6.46. The minimum atomic E-state index is -2.26. The molecule has 5 heteroatoms. The number of ketones is 1. The summed E-state index contributed by atoms with van der Waals surface area (Å²) in [5.41, 5.74) is 3.74. The molecule has 2 atom stereocenters. The van der Waals surface area contributed by atoms with E-state index in [1.54, 1.807) is 6.92 Å². The van der Waals surface area contributed by atoms with Crippen molar-refractivity contribution >= 4 is 14.0 Å². The second-order valence-electron chi connectivity index (χ2n) is 6.35. The maximum atomic E-state index is 13.1. The summed E-state index contributed by atoms with van der Waals surface area (Å²) in [7, 11) is -2.26. The summed E-state index contributed by atoms with van der Waals surface area (Å²) in [6.07, 6.45) is 3.39. The van der Waals surface area contributed by atoms with Gasteiger partial charge < -0.3 is 0 Å². The van der Waals surface area contributed by atoms with Crippen molar-refractivity contribution in [1.82, 2.24) is 0 Å². The van der Waals surface area contributed by atoms with E-state index >= 15 is 0 Å². The number of hydrogen-bond acceptors (Lipinski definition) is 4. The van der Waals surface area contributed by atoms with E-state index in [2.05, 4.69) is 0 Å². The van der Waals surface area contributed by atoms with Crippen molar-refractivity contribution in [2.45, 2.75) is 59.5 Å². The third-order valence-corrected chi connectivity index (χ3v) is 5.31. The summed E-state index contributed by atoms with van der Waals surface area (Å²) in [6.45, 7) is 7.98. The van der Waals surface area contributed by atoms with Gasteiger partial charge in [-0.2, -0.15) is 0 Å². The van der Waals surface area contributed by atoms with E-state index < -0.39 is 14.4 Å². The zero-order valence-electron chi connectivity index (χ0n) is 14.4. The van der Waals surface area contributed by atoms with Crippen molar-refractivity contribution in [2.75, 3.05) is 6.61 Å². The van der Waals surface area contributed by atoms with Crippen LogP contribution < -0.4 is 0 Å². The Morgan fingerprint density at radius 2 is 1.78 bits per heavy atom. The molecule has 0 spiro atoms. The highest BCUT2D eigenvalue weighted by Crippen LogP contribution is 2.37. The lowest BCUT2D eigenvalue weighted by molar-refractivity contribution is 0.0646. The van der Waals surface area contributed by atoms with Crippen LogP contribution in [0.25, 0.3) is 0 Å². The Morgan fingerprint density at radius 3 is 2.30 bits per heavy atom. The Morgan fingerprint density at radius 1 is 1.22 bits per heavy atom. The van der Waals surface area contributed by atoms with Crippen LogP contribution >= 0.6 is 8.25 Å². The average molecular weight is 337 g/mol. The summed E-state index contributed by atoms with van der Waals surface area (Å²) in [5, 5.41) is 0. The molecule has 0 bridgehead atoms. The summed E-state index contributed by atoms with van der Waals surface area (Å²) in [5.74, 6) is 0.0666. The second kappa shape index (κ2) is 8.14. The van der Waals surface area contributed by atoms with Gasteiger partial charge in [0, 0.05) is 10.1 Å². The van der Waals surface area contributed by atoms with Gasteiger partial charge in [-0.25, -0.2) is 0 Å². The Hall–Kier alpha value is -1.09. The molecule has 0 N–H and O–H groups in total. The van der Waals surface area contributed by atoms with E-state index in [1.807, 2.05) is 32.9 Å². The van der Waals surface area contributed by atoms with Crippen molar-refractivity contribution in [1.29, 1.82) is 0 Å². The van der Waals surface area contributed by atoms with Crippen LogP contribution in [0.2, 0.25) is 0 Å². The highest BCUT2D eigenvalue weighted by molar-refractivity contribution is 7.33. The SMILES string of the molecule is CCO[P+](=O)OC(C(=O)c1c(C)cc(C)cc1C)C1CCCC1. The molecular formula is C18H26O4P+. The number of carbonyl (C=O) groups excluding carboxylic acids is 1. The van der Waals surface area contributed by atoms with E-state index in [0.717, 1.165) is 42.4 Å². The predicted octanol–water partition coefficient (Wildman–Crippen LogP) is 5.06. The summed E-state index contributed by atoms with van der Waals surface area (Å²) in [4.78, 5) is 13.1. The molecule has 1 aromatic rings. The van der Waals surface area contributed by atoms with E-state index in [1.165, 1.54) is 0 Å². The Bertz CT molecular complexity index is 568. The van der Waals surface area contributed by atoms with Crippen molar-refractivity contribution in [3.05, 3.63) is 34.4 Å². The van der Waals surface area contributed by atoms with E-state index in [9.17, 15) is 9.36 Å². The number of carbonyl (C=O) groups is 1. The number of hydrogen-bond donors (Lipinski definition) is 0. The van der Waals surface area contributed by atoms with Crippen LogP contribution in [0.1, 0.15) is 59.7 Å². The fourth-order valence-corrected chi connectivity index (χ4v) is 4.27. The van der Waals surface area contributed by atoms with Crippen molar-refractivity contribution in [3.8, 4) is 0 Å². The molecule has 1 aliphatic carbocycles. The molecular weight excluding hydrogens is 311 g/mol. The lowest BCUT2D eigenvalue weighted by Crippen LogP contribution is -2.31. The third-order valence-electron chi connectivity index (χ3n) is 4.44. The smallest absolute Gasteiger partial charge is 0.291 e. The van der Waals surface area contributed by atoms with Crippen molar-refractivity contribution in [2.24, 2.45) is 5.92 Å². The largest absolute Gasteiger partial charge is 0.698 e. The summed E-state index contributed by atoms with van der Waals surface area (Å²) >= 11 is 0. The quantitative estimate of drug-likeness (QED) is 0.515. The molecule has 4 nitrogen and oxygen atoms in total. The van der Waals surface area contributed by atoms with Gasteiger partial charge in [-0.15, -0.1) is 9.05 Å². The molecule has 0 saturated heterocycles. The number of Topliss-reactive ketones (excluding diaryl/α,β-unsaturated/α-hetero) is 1. The molecule has 1 aliphatic rings. The molecule has 126 valence electrons. The van der Waals surface area contributed by atoms with Gasteiger partial charge >= 0.3 is 8.25 Å². The Labute approximate surface area is 139 Å².